The molecule has 29 heavy (non-hydrogen) atoms. The van der Waals surface area contributed by atoms with Crippen LogP contribution in [0.25, 0.3) is 0 Å². The van der Waals surface area contributed by atoms with Crippen LogP contribution in [0.1, 0.15) is 30.1 Å². The normalized spacial score (nSPS) is 17.6. The molecule has 2 fully saturated rings. The predicted molar refractivity (Wildman–Crippen MR) is 119 cm³/mol. The molecule has 1 saturated carbocycles. The molecule has 0 bridgehead atoms. The minimum absolute atomic E-state index is 0.580. The standard InChI is InChI=1S/C23H27N5S/c29-23-27(17-19-7-3-1-4-8-19)22(20-11-12-20)24-28(23)18-25-13-15-26(16-14-25)21-9-5-2-6-10-21/h1-10,20H,11-18H2. The SMILES string of the molecule is S=c1n(CN2CCN(c3ccccc3)CC2)nc(C2CC2)n1Cc1ccccc1. The first-order valence-electron chi connectivity index (χ1n) is 10.5. The Morgan fingerprint density at radius 2 is 1.52 bits per heavy atom. The first kappa shape index (κ1) is 18.6. The quantitative estimate of drug-likeness (QED) is 0.577. The molecule has 1 saturated heterocycles. The first-order chi connectivity index (χ1) is 14.3. The number of nitrogens with zero attached hydrogens (tertiary/aromatic N) is 5. The summed E-state index contributed by atoms with van der Waals surface area (Å²) in [5.74, 6) is 1.75. The van der Waals surface area contributed by atoms with Crippen LogP contribution >= 0.6 is 12.2 Å². The van der Waals surface area contributed by atoms with E-state index in [1.54, 1.807) is 0 Å². The van der Waals surface area contributed by atoms with Gasteiger partial charge in [-0.1, -0.05) is 48.5 Å². The number of para-hydroxylation sites is 1. The zero-order valence-electron chi connectivity index (χ0n) is 16.7. The van der Waals surface area contributed by atoms with E-state index in [1.165, 1.54) is 29.9 Å². The number of rotatable bonds is 6. The highest BCUT2D eigenvalue weighted by Crippen LogP contribution is 2.39. The molecule has 0 atom stereocenters. The molecule has 0 amide bonds. The molecule has 150 valence electrons. The largest absolute Gasteiger partial charge is 0.369 e. The Morgan fingerprint density at radius 1 is 0.862 bits per heavy atom. The summed E-state index contributed by atoms with van der Waals surface area (Å²) in [7, 11) is 0. The lowest BCUT2D eigenvalue weighted by Crippen LogP contribution is -2.47. The van der Waals surface area contributed by atoms with E-state index in [2.05, 4.69) is 75.0 Å². The van der Waals surface area contributed by atoms with Gasteiger partial charge in [0.1, 0.15) is 5.82 Å². The molecule has 0 radical (unpaired) electrons. The maximum Gasteiger partial charge on any atom is 0.199 e. The van der Waals surface area contributed by atoms with Crippen LogP contribution in [0.3, 0.4) is 0 Å². The zero-order valence-corrected chi connectivity index (χ0v) is 17.5. The summed E-state index contributed by atoms with van der Waals surface area (Å²) in [6, 6.07) is 21.3. The van der Waals surface area contributed by atoms with E-state index in [4.69, 9.17) is 17.3 Å². The van der Waals surface area contributed by atoms with Crippen LogP contribution in [0.15, 0.2) is 60.7 Å². The van der Waals surface area contributed by atoms with Gasteiger partial charge in [-0.3, -0.25) is 9.47 Å². The Hall–Kier alpha value is -2.44. The van der Waals surface area contributed by atoms with Gasteiger partial charge in [0.15, 0.2) is 4.77 Å². The molecule has 1 aromatic heterocycles. The second-order valence-electron chi connectivity index (χ2n) is 8.07. The first-order valence-corrected chi connectivity index (χ1v) is 10.9. The molecule has 0 spiro atoms. The second-order valence-corrected chi connectivity index (χ2v) is 8.43. The van der Waals surface area contributed by atoms with Gasteiger partial charge in [-0.05, 0) is 42.8 Å². The Labute approximate surface area is 177 Å². The van der Waals surface area contributed by atoms with Gasteiger partial charge in [0.2, 0.25) is 0 Å². The van der Waals surface area contributed by atoms with E-state index >= 15 is 0 Å². The van der Waals surface area contributed by atoms with Crippen molar-refractivity contribution in [3.05, 3.63) is 76.8 Å². The number of hydrogen-bond donors (Lipinski definition) is 0. The van der Waals surface area contributed by atoms with Gasteiger partial charge in [-0.15, -0.1) is 0 Å². The fourth-order valence-electron chi connectivity index (χ4n) is 4.08. The van der Waals surface area contributed by atoms with Gasteiger partial charge in [0.05, 0.1) is 13.2 Å². The fraction of sp³-hybridized carbons (Fsp3) is 0.391. The fourth-order valence-corrected chi connectivity index (χ4v) is 4.34. The molecule has 2 aromatic carbocycles. The molecule has 2 heterocycles. The molecule has 6 heteroatoms. The topological polar surface area (TPSA) is 29.2 Å². The van der Waals surface area contributed by atoms with Crippen LogP contribution in [-0.2, 0) is 13.2 Å². The predicted octanol–water partition coefficient (Wildman–Crippen LogP) is 4.12. The molecule has 5 nitrogen and oxygen atoms in total. The highest BCUT2D eigenvalue weighted by molar-refractivity contribution is 7.71. The van der Waals surface area contributed by atoms with Crippen molar-refractivity contribution in [2.24, 2.45) is 0 Å². The smallest absolute Gasteiger partial charge is 0.199 e. The average molecular weight is 406 g/mol. The summed E-state index contributed by atoms with van der Waals surface area (Å²) in [6.07, 6.45) is 2.46. The lowest BCUT2D eigenvalue weighted by atomic mass is 10.2. The lowest BCUT2D eigenvalue weighted by Gasteiger charge is -2.35. The number of benzene rings is 2. The van der Waals surface area contributed by atoms with Gasteiger partial charge < -0.3 is 4.90 Å². The van der Waals surface area contributed by atoms with Gasteiger partial charge in [0.25, 0.3) is 0 Å². The third-order valence-corrected chi connectivity index (χ3v) is 6.34. The van der Waals surface area contributed by atoms with Gasteiger partial charge >= 0.3 is 0 Å². The molecule has 2 aliphatic rings. The van der Waals surface area contributed by atoms with Crippen LogP contribution in [0.4, 0.5) is 5.69 Å². The van der Waals surface area contributed by atoms with Crippen LogP contribution in [0.2, 0.25) is 0 Å². The van der Waals surface area contributed by atoms with Crippen molar-refractivity contribution in [2.45, 2.75) is 32.0 Å². The molecule has 3 aromatic rings. The average Bonchev–Trinajstić information content (AvgIpc) is 3.58. The van der Waals surface area contributed by atoms with Crippen molar-refractivity contribution in [1.29, 1.82) is 0 Å². The Morgan fingerprint density at radius 3 is 2.17 bits per heavy atom. The molecule has 0 unspecified atom stereocenters. The van der Waals surface area contributed by atoms with E-state index < -0.39 is 0 Å². The Balaban J connectivity index is 1.29. The van der Waals surface area contributed by atoms with E-state index in [0.717, 1.165) is 44.2 Å². The summed E-state index contributed by atoms with van der Waals surface area (Å²) in [5.41, 5.74) is 2.59. The van der Waals surface area contributed by atoms with Crippen LogP contribution in [0.5, 0.6) is 0 Å². The number of aromatic nitrogens is 3. The van der Waals surface area contributed by atoms with Crippen LogP contribution in [-0.4, -0.2) is 45.4 Å². The number of piperazine rings is 1. The summed E-state index contributed by atoms with van der Waals surface area (Å²) in [5, 5.41) is 4.96. The second kappa shape index (κ2) is 8.13. The lowest BCUT2D eigenvalue weighted by molar-refractivity contribution is 0.194. The minimum atomic E-state index is 0.580. The van der Waals surface area contributed by atoms with E-state index in [9.17, 15) is 0 Å². The highest BCUT2D eigenvalue weighted by atomic mass is 32.1. The molecule has 0 N–H and O–H groups in total. The summed E-state index contributed by atoms with van der Waals surface area (Å²) in [4.78, 5) is 4.92. The summed E-state index contributed by atoms with van der Waals surface area (Å²) >= 11 is 5.85. The maximum atomic E-state index is 5.85. The van der Waals surface area contributed by atoms with Gasteiger partial charge in [-0.25, -0.2) is 4.68 Å². The van der Waals surface area contributed by atoms with Gasteiger partial charge in [-0.2, -0.15) is 5.10 Å². The molecule has 1 aliphatic heterocycles. The van der Waals surface area contributed by atoms with Crippen molar-refractivity contribution in [2.75, 3.05) is 31.1 Å². The monoisotopic (exact) mass is 405 g/mol. The summed E-state index contributed by atoms with van der Waals surface area (Å²) < 4.78 is 5.15. The molecular formula is C23H27N5S. The minimum Gasteiger partial charge on any atom is -0.369 e. The van der Waals surface area contributed by atoms with E-state index in [-0.39, 0.29) is 0 Å². The van der Waals surface area contributed by atoms with Gasteiger partial charge in [0, 0.05) is 37.8 Å². The van der Waals surface area contributed by atoms with Crippen LogP contribution in [0, 0.1) is 4.77 Å². The van der Waals surface area contributed by atoms with Crippen molar-refractivity contribution in [3.63, 3.8) is 0 Å². The molecular weight excluding hydrogens is 378 g/mol. The molecule has 5 rings (SSSR count). The van der Waals surface area contributed by atoms with Crippen molar-refractivity contribution in [3.8, 4) is 0 Å². The molecule has 1 aliphatic carbocycles. The number of anilines is 1. The highest BCUT2D eigenvalue weighted by Gasteiger charge is 2.30. The third kappa shape index (κ3) is 4.14. The maximum absolute atomic E-state index is 5.85. The van der Waals surface area contributed by atoms with E-state index in [1.807, 2.05) is 4.68 Å². The van der Waals surface area contributed by atoms with E-state index in [0.29, 0.717) is 5.92 Å². The van der Waals surface area contributed by atoms with Crippen molar-refractivity contribution >= 4 is 17.9 Å². The van der Waals surface area contributed by atoms with Crippen LogP contribution < -0.4 is 4.90 Å². The Bertz CT molecular complexity index is 999. The van der Waals surface area contributed by atoms with Crippen molar-refractivity contribution < 1.29 is 0 Å². The zero-order chi connectivity index (χ0) is 19.6. The number of hydrogen-bond acceptors (Lipinski definition) is 4. The summed E-state index contributed by atoms with van der Waals surface area (Å²) in [6.45, 7) is 5.73. The Kier molecular flexibility index (Phi) is 5.21. The third-order valence-electron chi connectivity index (χ3n) is 5.91. The van der Waals surface area contributed by atoms with Crippen molar-refractivity contribution in [1.82, 2.24) is 19.2 Å².